The number of halogens is 1. The summed E-state index contributed by atoms with van der Waals surface area (Å²) in [6, 6.07) is 0. The van der Waals surface area contributed by atoms with Crippen LogP contribution in [-0.2, 0) is 24.0 Å². The highest BCUT2D eigenvalue weighted by Gasteiger charge is 2.52. The summed E-state index contributed by atoms with van der Waals surface area (Å²) in [4.78, 5) is 39.9. The van der Waals surface area contributed by atoms with Crippen LogP contribution in [0.5, 0.6) is 0 Å². The number of hydrogen-bond acceptors (Lipinski definition) is 6. The third-order valence-electron chi connectivity index (χ3n) is 3.45. The largest absolute Gasteiger partial charge is 0.467 e. The number of rotatable bonds is 3. The molecule has 2 fully saturated rings. The number of esters is 1. The zero-order chi connectivity index (χ0) is 13.2. The molecule has 2 heterocycles. The van der Waals surface area contributed by atoms with Crippen LogP contribution in [0, 0.1) is 5.41 Å². The molecular weight excluding hydrogens is 276 g/mol. The fraction of sp³-hybridized carbons (Fsp3) is 0.727. The number of carbonyl (C=O) groups excluding carboxylic acids is 3. The lowest BCUT2D eigenvalue weighted by atomic mass is 9.77. The third kappa shape index (κ3) is 3.05. The van der Waals surface area contributed by atoms with Crippen LogP contribution in [0.4, 0.5) is 0 Å². The average molecular weight is 293 g/mol. The number of ether oxygens (including phenoxy) is 1. The Kier molecular flexibility index (Phi) is 5.28. The summed E-state index contributed by atoms with van der Waals surface area (Å²) in [6.45, 7) is 0.996. The van der Waals surface area contributed by atoms with Crippen LogP contribution in [0.3, 0.4) is 0 Å². The third-order valence-corrected chi connectivity index (χ3v) is 3.45. The summed E-state index contributed by atoms with van der Waals surface area (Å²) in [7, 11) is 1.22. The van der Waals surface area contributed by atoms with Crippen LogP contribution in [0.15, 0.2) is 0 Å². The number of hydroxylamine groups is 2. The fourth-order valence-corrected chi connectivity index (χ4v) is 2.37. The lowest BCUT2D eigenvalue weighted by Gasteiger charge is -2.30. The zero-order valence-electron chi connectivity index (χ0n) is 10.6. The quantitative estimate of drug-likeness (QED) is 0.565. The van der Waals surface area contributed by atoms with E-state index in [1.54, 1.807) is 0 Å². The van der Waals surface area contributed by atoms with Gasteiger partial charge in [-0.3, -0.25) is 14.4 Å². The Morgan fingerprint density at radius 1 is 1.37 bits per heavy atom. The molecule has 2 rings (SSSR count). The van der Waals surface area contributed by atoms with Gasteiger partial charge in [0.05, 0.1) is 12.5 Å². The Hall–Kier alpha value is -1.18. The first-order chi connectivity index (χ1) is 8.59. The standard InChI is InChI=1S/C11H16N2O5.ClH/c1-17-9(15)7-18-13-8(14)6-11(10(13)16)2-4-12-5-3-11;/h12H,2-7H2,1H3;1H. The van der Waals surface area contributed by atoms with E-state index in [0.29, 0.717) is 25.9 Å². The van der Waals surface area contributed by atoms with Gasteiger partial charge >= 0.3 is 5.97 Å². The van der Waals surface area contributed by atoms with Gasteiger partial charge in [-0.15, -0.1) is 12.4 Å². The lowest BCUT2D eigenvalue weighted by Crippen LogP contribution is -2.43. The molecule has 108 valence electrons. The molecule has 0 aliphatic carbocycles. The van der Waals surface area contributed by atoms with Crippen molar-refractivity contribution in [2.45, 2.75) is 19.3 Å². The smallest absolute Gasteiger partial charge is 0.334 e. The summed E-state index contributed by atoms with van der Waals surface area (Å²) >= 11 is 0. The van der Waals surface area contributed by atoms with Gasteiger partial charge in [-0.05, 0) is 25.9 Å². The Labute approximate surface area is 117 Å². The van der Waals surface area contributed by atoms with E-state index in [-0.39, 0.29) is 30.6 Å². The van der Waals surface area contributed by atoms with E-state index in [1.807, 2.05) is 0 Å². The summed E-state index contributed by atoms with van der Waals surface area (Å²) < 4.78 is 4.39. The second-order valence-corrected chi connectivity index (χ2v) is 4.55. The van der Waals surface area contributed by atoms with Gasteiger partial charge < -0.3 is 10.1 Å². The summed E-state index contributed by atoms with van der Waals surface area (Å²) in [6.07, 6.45) is 1.40. The number of imide groups is 1. The predicted molar refractivity (Wildman–Crippen MR) is 66.2 cm³/mol. The second-order valence-electron chi connectivity index (χ2n) is 4.55. The Balaban J connectivity index is 0.00000180. The Morgan fingerprint density at radius 3 is 2.58 bits per heavy atom. The van der Waals surface area contributed by atoms with E-state index < -0.39 is 18.0 Å². The highest BCUT2D eigenvalue weighted by Crippen LogP contribution is 2.40. The van der Waals surface area contributed by atoms with Gasteiger partial charge in [-0.25, -0.2) is 4.79 Å². The summed E-state index contributed by atoms with van der Waals surface area (Å²) in [5.74, 6) is -1.34. The van der Waals surface area contributed by atoms with Crippen molar-refractivity contribution in [3.8, 4) is 0 Å². The maximum atomic E-state index is 12.2. The van der Waals surface area contributed by atoms with Gasteiger partial charge in [0.2, 0.25) is 0 Å². The minimum atomic E-state index is -0.640. The molecule has 1 N–H and O–H groups in total. The predicted octanol–water partition coefficient (Wildman–Crippen LogP) is -0.359. The van der Waals surface area contributed by atoms with Crippen LogP contribution in [0.25, 0.3) is 0 Å². The summed E-state index contributed by atoms with van der Waals surface area (Å²) in [5, 5.41) is 3.87. The van der Waals surface area contributed by atoms with E-state index in [4.69, 9.17) is 4.84 Å². The molecule has 2 aliphatic rings. The van der Waals surface area contributed by atoms with Gasteiger partial charge in [0, 0.05) is 6.42 Å². The maximum absolute atomic E-state index is 12.2. The van der Waals surface area contributed by atoms with Crippen molar-refractivity contribution in [1.29, 1.82) is 0 Å². The fourth-order valence-electron chi connectivity index (χ4n) is 2.37. The zero-order valence-corrected chi connectivity index (χ0v) is 11.5. The molecule has 0 aromatic heterocycles. The van der Waals surface area contributed by atoms with E-state index in [2.05, 4.69) is 10.1 Å². The number of amides is 2. The molecule has 0 aromatic carbocycles. The number of piperidine rings is 1. The van der Waals surface area contributed by atoms with Gasteiger partial charge in [0.1, 0.15) is 0 Å². The molecule has 1 spiro atoms. The number of nitrogens with one attached hydrogen (secondary N) is 1. The van der Waals surface area contributed by atoms with Crippen LogP contribution in [0.2, 0.25) is 0 Å². The molecule has 0 unspecified atom stereocenters. The minimum absolute atomic E-state index is 0. The molecule has 0 radical (unpaired) electrons. The van der Waals surface area contributed by atoms with Gasteiger partial charge in [0.25, 0.3) is 11.8 Å². The topological polar surface area (TPSA) is 84.9 Å². The van der Waals surface area contributed by atoms with Crippen molar-refractivity contribution < 1.29 is 24.0 Å². The molecule has 0 atom stereocenters. The van der Waals surface area contributed by atoms with Gasteiger partial charge in [-0.2, -0.15) is 5.06 Å². The summed E-state index contributed by atoms with van der Waals surface area (Å²) in [5.41, 5.74) is -0.640. The number of carbonyl (C=O) groups is 3. The van der Waals surface area contributed by atoms with Crippen molar-refractivity contribution in [3.05, 3.63) is 0 Å². The molecule has 19 heavy (non-hydrogen) atoms. The molecular formula is C11H17ClN2O5. The highest BCUT2D eigenvalue weighted by atomic mass is 35.5. The van der Waals surface area contributed by atoms with Crippen LogP contribution in [0.1, 0.15) is 19.3 Å². The molecule has 2 saturated heterocycles. The Morgan fingerprint density at radius 2 is 2.00 bits per heavy atom. The van der Waals surface area contributed by atoms with E-state index in [9.17, 15) is 14.4 Å². The first-order valence-electron chi connectivity index (χ1n) is 5.87. The maximum Gasteiger partial charge on any atom is 0.334 e. The minimum Gasteiger partial charge on any atom is -0.467 e. The number of methoxy groups -OCH3 is 1. The first-order valence-corrected chi connectivity index (χ1v) is 5.87. The van der Waals surface area contributed by atoms with Crippen molar-refractivity contribution in [1.82, 2.24) is 10.4 Å². The molecule has 2 aliphatic heterocycles. The van der Waals surface area contributed by atoms with Gasteiger partial charge in [-0.1, -0.05) is 0 Å². The van der Waals surface area contributed by atoms with E-state index in [0.717, 1.165) is 5.06 Å². The number of nitrogens with zero attached hydrogens (tertiary/aromatic N) is 1. The first kappa shape index (κ1) is 15.9. The van der Waals surface area contributed by atoms with Crippen molar-refractivity contribution in [3.63, 3.8) is 0 Å². The normalized spacial score (nSPS) is 21.4. The molecule has 2 amide bonds. The van der Waals surface area contributed by atoms with Crippen molar-refractivity contribution in [2.75, 3.05) is 26.8 Å². The SMILES string of the molecule is COC(=O)CON1C(=O)CC2(CCNCC2)C1=O.Cl. The van der Waals surface area contributed by atoms with Crippen LogP contribution >= 0.6 is 12.4 Å². The molecule has 8 heteroatoms. The van der Waals surface area contributed by atoms with Crippen molar-refractivity contribution in [2.24, 2.45) is 5.41 Å². The Bertz CT molecular complexity index is 381. The lowest BCUT2D eigenvalue weighted by molar-refractivity contribution is -0.195. The van der Waals surface area contributed by atoms with Crippen LogP contribution < -0.4 is 5.32 Å². The van der Waals surface area contributed by atoms with Crippen molar-refractivity contribution >= 4 is 30.2 Å². The van der Waals surface area contributed by atoms with Gasteiger partial charge in [0.15, 0.2) is 6.61 Å². The molecule has 0 bridgehead atoms. The average Bonchev–Trinajstić information content (AvgIpc) is 2.60. The molecule has 7 nitrogen and oxygen atoms in total. The second kappa shape index (κ2) is 6.31. The molecule has 0 aromatic rings. The number of hydrogen-bond donors (Lipinski definition) is 1. The highest BCUT2D eigenvalue weighted by molar-refractivity contribution is 6.04. The van der Waals surface area contributed by atoms with E-state index in [1.165, 1.54) is 7.11 Å². The monoisotopic (exact) mass is 292 g/mol. The molecule has 0 saturated carbocycles. The van der Waals surface area contributed by atoms with Crippen LogP contribution in [-0.4, -0.2) is 49.7 Å². The van der Waals surface area contributed by atoms with E-state index >= 15 is 0 Å².